The number of alkyl halides is 3. The number of halogens is 4. The lowest BCUT2D eigenvalue weighted by molar-refractivity contribution is -0.137. The van der Waals surface area contributed by atoms with E-state index >= 15 is 0 Å². The summed E-state index contributed by atoms with van der Waals surface area (Å²) in [7, 11) is 1.53. The lowest BCUT2D eigenvalue weighted by atomic mass is 9.90. The third-order valence-corrected chi connectivity index (χ3v) is 6.07. The van der Waals surface area contributed by atoms with Crippen molar-refractivity contribution in [2.24, 2.45) is 5.92 Å². The van der Waals surface area contributed by atoms with Crippen LogP contribution in [0.4, 0.5) is 28.4 Å². The molecule has 12 heteroatoms. The largest absolute Gasteiger partial charge is 0.416 e. The van der Waals surface area contributed by atoms with Crippen LogP contribution in [0.1, 0.15) is 28.5 Å². The number of fused-ring (bicyclic) bond motifs is 1. The normalized spacial score (nSPS) is 15.9. The van der Waals surface area contributed by atoms with Crippen molar-refractivity contribution in [3.05, 3.63) is 58.5 Å². The molecule has 0 aliphatic carbocycles. The number of nitrogens with one attached hydrogen (secondary N) is 1. The number of carbonyl (C=O) groups excluding carboxylic acids is 3. The first-order chi connectivity index (χ1) is 16.0. The van der Waals surface area contributed by atoms with E-state index in [0.717, 1.165) is 23.5 Å². The number of nitrogens with zero attached hydrogens (tertiary/aromatic N) is 3. The van der Waals surface area contributed by atoms with Crippen LogP contribution in [-0.4, -0.2) is 34.6 Å². The molecule has 0 radical (unpaired) electrons. The minimum Gasteiger partial charge on any atom is -0.314 e. The fraction of sp³-hybridized carbons (Fsp3) is 0.227. The lowest BCUT2D eigenvalue weighted by Crippen LogP contribution is -2.41. The molecule has 1 N–H and O–H groups in total. The molecule has 0 saturated heterocycles. The number of carbonyl (C=O) groups is 3. The van der Waals surface area contributed by atoms with Crippen molar-refractivity contribution < 1.29 is 31.9 Å². The zero-order valence-electron chi connectivity index (χ0n) is 17.7. The van der Waals surface area contributed by atoms with Gasteiger partial charge < -0.3 is 10.2 Å². The van der Waals surface area contributed by atoms with Crippen molar-refractivity contribution in [3.63, 3.8) is 0 Å². The Hall–Kier alpha value is -3.67. The summed E-state index contributed by atoms with van der Waals surface area (Å²) in [5.41, 5.74) is -0.452. The fourth-order valence-corrected chi connectivity index (χ4v) is 4.33. The Labute approximate surface area is 194 Å². The lowest BCUT2D eigenvalue weighted by Gasteiger charge is -2.29. The Kier molecular flexibility index (Phi) is 5.94. The smallest absolute Gasteiger partial charge is 0.314 e. The maximum absolute atomic E-state index is 13.7. The quantitative estimate of drug-likeness (QED) is 0.432. The van der Waals surface area contributed by atoms with Gasteiger partial charge in [0.05, 0.1) is 40.5 Å². The molecule has 7 nitrogen and oxygen atoms in total. The number of hydrogen-bond acceptors (Lipinski definition) is 6. The first kappa shape index (κ1) is 23.5. The second-order valence-electron chi connectivity index (χ2n) is 7.62. The molecule has 4 rings (SSSR count). The van der Waals surface area contributed by atoms with E-state index < -0.39 is 35.2 Å². The monoisotopic (exact) mass is 492 g/mol. The molecule has 1 aromatic carbocycles. The van der Waals surface area contributed by atoms with Gasteiger partial charge in [-0.1, -0.05) is 0 Å². The van der Waals surface area contributed by atoms with Crippen LogP contribution in [0.15, 0.2) is 35.8 Å². The number of rotatable bonds is 4. The number of benzene rings is 1. The third-order valence-electron chi connectivity index (χ3n) is 5.31. The molecular weight excluding hydrogens is 476 g/mol. The van der Waals surface area contributed by atoms with Gasteiger partial charge in [0.1, 0.15) is 5.82 Å². The molecule has 2 aromatic heterocycles. The number of aromatic nitrogens is 2. The maximum atomic E-state index is 13.7. The molecule has 2 amide bonds. The Morgan fingerprint density at radius 1 is 1.24 bits per heavy atom. The van der Waals surface area contributed by atoms with E-state index in [1.165, 1.54) is 36.5 Å². The molecule has 3 aromatic rings. The second-order valence-corrected chi connectivity index (χ2v) is 8.48. The first-order valence-electron chi connectivity index (χ1n) is 9.89. The molecule has 0 bridgehead atoms. The van der Waals surface area contributed by atoms with Gasteiger partial charge in [-0.05, 0) is 31.2 Å². The summed E-state index contributed by atoms with van der Waals surface area (Å²) in [5, 5.41) is 3.98. The molecule has 176 valence electrons. The maximum Gasteiger partial charge on any atom is 0.416 e. The molecule has 0 saturated carbocycles. The molecule has 0 fully saturated rings. The summed E-state index contributed by atoms with van der Waals surface area (Å²) in [6.07, 6.45) is -3.63. The molecule has 1 aliphatic rings. The Morgan fingerprint density at radius 3 is 2.68 bits per heavy atom. The number of Topliss-reactive ketones (excluding diaryl/α,β-unsaturated/α-hetero) is 1. The zero-order chi connectivity index (χ0) is 24.8. The van der Waals surface area contributed by atoms with Crippen molar-refractivity contribution in [3.8, 4) is 11.3 Å². The molecule has 1 unspecified atom stereocenters. The van der Waals surface area contributed by atoms with Crippen LogP contribution in [0.5, 0.6) is 0 Å². The van der Waals surface area contributed by atoms with Gasteiger partial charge in [0.25, 0.3) is 0 Å². The van der Waals surface area contributed by atoms with Crippen molar-refractivity contribution >= 4 is 39.8 Å². The van der Waals surface area contributed by atoms with E-state index in [9.17, 15) is 31.9 Å². The topological polar surface area (TPSA) is 92.3 Å². The summed E-state index contributed by atoms with van der Waals surface area (Å²) in [5.74, 6) is -3.34. The van der Waals surface area contributed by atoms with Crippen LogP contribution < -0.4 is 10.2 Å². The Balaban J connectivity index is 1.54. The predicted molar refractivity (Wildman–Crippen MR) is 116 cm³/mol. The minimum absolute atomic E-state index is 0.0599. The van der Waals surface area contributed by atoms with Crippen LogP contribution in [0.25, 0.3) is 11.3 Å². The molecule has 3 heterocycles. The summed E-state index contributed by atoms with van der Waals surface area (Å²) in [6.45, 7) is 1.48. The Bertz CT molecular complexity index is 1320. The van der Waals surface area contributed by atoms with E-state index in [4.69, 9.17) is 0 Å². The van der Waals surface area contributed by atoms with E-state index in [1.807, 2.05) is 0 Å². The van der Waals surface area contributed by atoms with Gasteiger partial charge in [-0.25, -0.2) is 9.37 Å². The molecule has 0 spiro atoms. The number of pyridine rings is 1. The fourth-order valence-electron chi connectivity index (χ4n) is 3.59. The zero-order valence-corrected chi connectivity index (χ0v) is 18.6. The number of amides is 2. The van der Waals surface area contributed by atoms with E-state index in [0.29, 0.717) is 11.8 Å². The SMILES string of the molecule is CC1C(=O)c2c(ccnc2CC(=O)Nc2nc(-c3cc(F)cc(C(F)(F)F)c3)cs2)N(C)C1=O. The predicted octanol–water partition coefficient (Wildman–Crippen LogP) is 4.34. The van der Waals surface area contributed by atoms with E-state index in [1.54, 1.807) is 0 Å². The highest BCUT2D eigenvalue weighted by Crippen LogP contribution is 2.34. The summed E-state index contributed by atoms with van der Waals surface area (Å²) in [6, 6.07) is 3.59. The average molecular weight is 492 g/mol. The third kappa shape index (κ3) is 4.40. The highest BCUT2D eigenvalue weighted by molar-refractivity contribution is 7.14. The number of thiazole rings is 1. The Morgan fingerprint density at radius 2 is 1.97 bits per heavy atom. The molecule has 1 aliphatic heterocycles. The summed E-state index contributed by atoms with van der Waals surface area (Å²) >= 11 is 0.946. The van der Waals surface area contributed by atoms with Crippen molar-refractivity contribution in [1.82, 2.24) is 9.97 Å². The van der Waals surface area contributed by atoms with Gasteiger partial charge in [0, 0.05) is 24.2 Å². The summed E-state index contributed by atoms with van der Waals surface area (Å²) in [4.78, 5) is 47.0. The van der Waals surface area contributed by atoms with Gasteiger partial charge in [0.2, 0.25) is 11.8 Å². The van der Waals surface area contributed by atoms with Gasteiger partial charge >= 0.3 is 6.18 Å². The first-order valence-corrected chi connectivity index (χ1v) is 10.8. The van der Waals surface area contributed by atoms with Crippen LogP contribution >= 0.6 is 11.3 Å². The number of hydrogen-bond donors (Lipinski definition) is 1. The average Bonchev–Trinajstić information content (AvgIpc) is 3.23. The highest BCUT2D eigenvalue weighted by Gasteiger charge is 2.37. The standard InChI is InChI=1S/C22H16F4N4O3S/c1-10-19(32)18-14(27-4-3-16(18)30(2)20(10)33)8-17(31)29-21-28-15(9-34-21)11-5-12(22(24,25)26)7-13(23)6-11/h3-7,9-10H,8H2,1-2H3,(H,28,29,31). The number of ketones is 1. The van der Waals surface area contributed by atoms with Crippen LogP contribution in [0.2, 0.25) is 0 Å². The highest BCUT2D eigenvalue weighted by atomic mass is 32.1. The van der Waals surface area contributed by atoms with E-state index in [-0.39, 0.29) is 40.0 Å². The van der Waals surface area contributed by atoms with Crippen molar-refractivity contribution in [2.45, 2.75) is 19.5 Å². The van der Waals surface area contributed by atoms with Crippen LogP contribution in [0, 0.1) is 11.7 Å². The second kappa shape index (κ2) is 8.60. The van der Waals surface area contributed by atoms with Gasteiger partial charge in [-0.15, -0.1) is 11.3 Å². The van der Waals surface area contributed by atoms with Crippen LogP contribution in [-0.2, 0) is 22.2 Å². The molecular formula is C22H16F4N4O3S. The van der Waals surface area contributed by atoms with Gasteiger partial charge in [-0.2, -0.15) is 13.2 Å². The number of anilines is 2. The van der Waals surface area contributed by atoms with Crippen molar-refractivity contribution in [2.75, 3.05) is 17.3 Å². The van der Waals surface area contributed by atoms with Crippen molar-refractivity contribution in [1.29, 1.82) is 0 Å². The summed E-state index contributed by atoms with van der Waals surface area (Å²) < 4.78 is 52.6. The molecule has 1 atom stereocenters. The minimum atomic E-state index is -4.72. The molecule has 34 heavy (non-hydrogen) atoms. The van der Waals surface area contributed by atoms with Gasteiger partial charge in [0.15, 0.2) is 10.9 Å². The van der Waals surface area contributed by atoms with Gasteiger partial charge in [-0.3, -0.25) is 19.4 Å². The van der Waals surface area contributed by atoms with E-state index in [2.05, 4.69) is 15.3 Å². The van der Waals surface area contributed by atoms with Crippen LogP contribution in [0.3, 0.4) is 0 Å².